The molecule has 0 saturated carbocycles. The number of aromatic nitrogens is 2. The van der Waals surface area contributed by atoms with Gasteiger partial charge in [0.2, 0.25) is 0 Å². The van der Waals surface area contributed by atoms with Gasteiger partial charge < -0.3 is 20.5 Å². The van der Waals surface area contributed by atoms with Gasteiger partial charge in [-0.3, -0.25) is 4.79 Å². The van der Waals surface area contributed by atoms with E-state index in [1.165, 1.54) is 6.33 Å². The maximum atomic E-state index is 11.4. The van der Waals surface area contributed by atoms with Gasteiger partial charge in [-0.2, -0.15) is 0 Å². The Hall–Kier alpha value is -1.56. The second kappa shape index (κ2) is 4.13. The maximum Gasteiger partial charge on any atom is 0.276 e. The Kier molecular flexibility index (Phi) is 2.82. The van der Waals surface area contributed by atoms with E-state index < -0.39 is 0 Å². The summed E-state index contributed by atoms with van der Waals surface area (Å²) < 4.78 is 0. The van der Waals surface area contributed by atoms with Crippen LogP contribution in [0.4, 0.5) is 11.5 Å². The number of hydrogen-bond donors (Lipinski definition) is 2. The summed E-state index contributed by atoms with van der Waals surface area (Å²) in [6.07, 6.45) is 1.40. The van der Waals surface area contributed by atoms with Crippen LogP contribution in [0.5, 0.6) is 0 Å². The molecule has 1 aliphatic heterocycles. The van der Waals surface area contributed by atoms with Crippen molar-refractivity contribution < 1.29 is 0 Å². The highest BCUT2D eigenvalue weighted by atomic mass is 16.1. The Morgan fingerprint density at radius 1 is 1.56 bits per heavy atom. The van der Waals surface area contributed by atoms with Gasteiger partial charge in [0.15, 0.2) is 5.82 Å². The number of nitrogen functional groups attached to an aromatic ring is 1. The minimum Gasteiger partial charge on any atom is -0.391 e. The molecule has 0 aromatic carbocycles. The van der Waals surface area contributed by atoms with E-state index in [9.17, 15) is 4.79 Å². The second-order valence-electron chi connectivity index (χ2n) is 4.24. The topological polar surface area (TPSA) is 78.2 Å². The summed E-state index contributed by atoms with van der Waals surface area (Å²) in [4.78, 5) is 22.3. The smallest absolute Gasteiger partial charge is 0.276 e. The lowest BCUT2D eigenvalue weighted by Gasteiger charge is -2.38. The molecule has 2 heterocycles. The van der Waals surface area contributed by atoms with Crippen LogP contribution in [-0.4, -0.2) is 47.6 Å². The first-order valence-corrected chi connectivity index (χ1v) is 5.38. The highest BCUT2D eigenvalue weighted by Gasteiger charge is 2.23. The monoisotopic (exact) mass is 223 g/mol. The van der Waals surface area contributed by atoms with Crippen LogP contribution >= 0.6 is 0 Å². The first-order valence-electron chi connectivity index (χ1n) is 5.38. The zero-order chi connectivity index (χ0) is 11.7. The molecule has 1 aromatic rings. The molecule has 6 nitrogen and oxygen atoms in total. The molecule has 0 bridgehead atoms. The van der Waals surface area contributed by atoms with E-state index in [0.29, 0.717) is 11.9 Å². The Morgan fingerprint density at radius 3 is 3.00 bits per heavy atom. The summed E-state index contributed by atoms with van der Waals surface area (Å²) in [5, 5.41) is 0. The van der Waals surface area contributed by atoms with Crippen LogP contribution in [0.25, 0.3) is 0 Å². The van der Waals surface area contributed by atoms with Gasteiger partial charge in [0.1, 0.15) is 5.69 Å². The van der Waals surface area contributed by atoms with Gasteiger partial charge in [0, 0.05) is 25.7 Å². The van der Waals surface area contributed by atoms with E-state index in [4.69, 9.17) is 5.73 Å². The first-order chi connectivity index (χ1) is 7.59. The zero-order valence-electron chi connectivity index (χ0n) is 9.60. The molecule has 1 aromatic heterocycles. The zero-order valence-corrected chi connectivity index (χ0v) is 9.60. The molecule has 0 radical (unpaired) electrons. The third-order valence-corrected chi connectivity index (χ3v) is 3.13. The summed E-state index contributed by atoms with van der Waals surface area (Å²) >= 11 is 0. The molecule has 88 valence electrons. The lowest BCUT2D eigenvalue weighted by atomic mass is 10.2. The van der Waals surface area contributed by atoms with Crippen LogP contribution in [0, 0.1) is 0 Å². The van der Waals surface area contributed by atoms with Gasteiger partial charge in [-0.15, -0.1) is 0 Å². The highest BCUT2D eigenvalue weighted by molar-refractivity contribution is 5.61. The van der Waals surface area contributed by atoms with Gasteiger partial charge in [-0.25, -0.2) is 4.98 Å². The summed E-state index contributed by atoms with van der Waals surface area (Å²) in [5.41, 5.74) is 5.67. The molecule has 1 unspecified atom stereocenters. The number of nitrogens with one attached hydrogen (secondary N) is 1. The Labute approximate surface area is 94.1 Å². The number of aromatic amines is 1. The fourth-order valence-electron chi connectivity index (χ4n) is 1.89. The predicted molar refractivity (Wildman–Crippen MR) is 63.6 cm³/mol. The molecule has 1 saturated heterocycles. The summed E-state index contributed by atoms with van der Waals surface area (Å²) in [6.45, 7) is 4.79. The summed E-state index contributed by atoms with van der Waals surface area (Å²) in [6, 6.07) is 0.439. The van der Waals surface area contributed by atoms with E-state index in [-0.39, 0.29) is 11.2 Å². The molecule has 0 amide bonds. The molecule has 1 fully saturated rings. The van der Waals surface area contributed by atoms with Crippen LogP contribution in [-0.2, 0) is 0 Å². The quantitative estimate of drug-likeness (QED) is 0.670. The SMILES string of the molecule is CC1CN(c2nc[nH]c(=O)c2N)CCN1C. The van der Waals surface area contributed by atoms with Gasteiger partial charge in [0.05, 0.1) is 6.33 Å². The first kappa shape index (κ1) is 10.9. The summed E-state index contributed by atoms with van der Waals surface area (Å²) in [5.74, 6) is 0.601. The molecule has 3 N–H and O–H groups in total. The number of nitrogens with zero attached hydrogens (tertiary/aromatic N) is 3. The predicted octanol–water partition coefficient (Wildman–Crippen LogP) is -0.508. The van der Waals surface area contributed by atoms with Crippen molar-refractivity contribution in [2.45, 2.75) is 13.0 Å². The molecule has 0 spiro atoms. The second-order valence-corrected chi connectivity index (χ2v) is 4.24. The fraction of sp³-hybridized carbons (Fsp3) is 0.600. The summed E-state index contributed by atoms with van der Waals surface area (Å²) in [7, 11) is 2.09. The third kappa shape index (κ3) is 1.88. The Bertz CT molecular complexity index is 429. The van der Waals surface area contributed by atoms with Crippen molar-refractivity contribution >= 4 is 11.5 Å². The van der Waals surface area contributed by atoms with Gasteiger partial charge in [-0.05, 0) is 14.0 Å². The van der Waals surface area contributed by atoms with Crippen molar-refractivity contribution in [1.29, 1.82) is 0 Å². The van der Waals surface area contributed by atoms with Gasteiger partial charge in [0.25, 0.3) is 5.56 Å². The number of rotatable bonds is 1. The largest absolute Gasteiger partial charge is 0.391 e. The van der Waals surface area contributed by atoms with E-state index in [1.54, 1.807) is 0 Å². The van der Waals surface area contributed by atoms with Crippen molar-refractivity contribution in [1.82, 2.24) is 14.9 Å². The van der Waals surface area contributed by atoms with Gasteiger partial charge >= 0.3 is 0 Å². The Balaban J connectivity index is 2.25. The minimum atomic E-state index is -0.267. The lowest BCUT2D eigenvalue weighted by Crippen LogP contribution is -2.50. The molecule has 1 atom stereocenters. The third-order valence-electron chi connectivity index (χ3n) is 3.13. The van der Waals surface area contributed by atoms with Crippen molar-refractivity contribution in [2.75, 3.05) is 37.3 Å². The minimum absolute atomic E-state index is 0.208. The van der Waals surface area contributed by atoms with Crippen LogP contribution < -0.4 is 16.2 Å². The molecule has 6 heteroatoms. The average molecular weight is 223 g/mol. The molecular weight excluding hydrogens is 206 g/mol. The van der Waals surface area contributed by atoms with Crippen LogP contribution in [0.2, 0.25) is 0 Å². The van der Waals surface area contributed by atoms with Crippen molar-refractivity contribution in [2.24, 2.45) is 0 Å². The van der Waals surface area contributed by atoms with E-state index in [0.717, 1.165) is 19.6 Å². The average Bonchev–Trinajstić information content (AvgIpc) is 2.26. The lowest BCUT2D eigenvalue weighted by molar-refractivity contribution is 0.233. The highest BCUT2D eigenvalue weighted by Crippen LogP contribution is 2.18. The van der Waals surface area contributed by atoms with E-state index in [1.807, 2.05) is 0 Å². The molecule has 2 rings (SSSR count). The van der Waals surface area contributed by atoms with E-state index in [2.05, 4.69) is 33.7 Å². The molecule has 16 heavy (non-hydrogen) atoms. The van der Waals surface area contributed by atoms with Crippen LogP contribution in [0.3, 0.4) is 0 Å². The van der Waals surface area contributed by atoms with Crippen LogP contribution in [0.15, 0.2) is 11.1 Å². The molecular formula is C10H17N5O. The maximum absolute atomic E-state index is 11.4. The number of likely N-dealkylation sites (N-methyl/N-ethyl adjacent to an activating group) is 1. The van der Waals surface area contributed by atoms with Crippen molar-refractivity contribution in [3.8, 4) is 0 Å². The number of piperazine rings is 1. The number of hydrogen-bond acceptors (Lipinski definition) is 5. The molecule has 1 aliphatic rings. The van der Waals surface area contributed by atoms with Crippen molar-refractivity contribution in [3.63, 3.8) is 0 Å². The van der Waals surface area contributed by atoms with Crippen molar-refractivity contribution in [3.05, 3.63) is 16.7 Å². The number of anilines is 2. The normalized spacial score (nSPS) is 22.4. The number of nitrogens with two attached hydrogens (primary N) is 1. The standard InChI is InChI=1S/C10H17N5O/c1-7-5-15(4-3-14(7)2)9-8(11)10(16)13-6-12-9/h6-7H,3-5,11H2,1-2H3,(H,12,13,16). The van der Waals surface area contributed by atoms with E-state index >= 15 is 0 Å². The fourth-order valence-corrected chi connectivity index (χ4v) is 1.89. The molecule has 0 aliphatic carbocycles. The Morgan fingerprint density at radius 2 is 2.31 bits per heavy atom. The van der Waals surface area contributed by atoms with Crippen LogP contribution in [0.1, 0.15) is 6.92 Å². The number of H-pyrrole nitrogens is 1. The van der Waals surface area contributed by atoms with Gasteiger partial charge in [-0.1, -0.05) is 0 Å².